The van der Waals surface area contributed by atoms with E-state index in [1.54, 1.807) is 13.1 Å². The highest BCUT2D eigenvalue weighted by Crippen LogP contribution is 2.31. The van der Waals surface area contributed by atoms with Crippen LogP contribution in [0.1, 0.15) is 55.8 Å². The number of aryl methyl sites for hydroxylation is 2. The Labute approximate surface area is 300 Å². The van der Waals surface area contributed by atoms with Crippen LogP contribution < -0.4 is 27.8 Å². The van der Waals surface area contributed by atoms with Crippen molar-refractivity contribution in [2.24, 2.45) is 28.2 Å². The number of aromatic nitrogens is 9. The number of hydrogen-bond donors (Lipinski definition) is 1. The van der Waals surface area contributed by atoms with E-state index in [1.165, 1.54) is 50.6 Å². The van der Waals surface area contributed by atoms with E-state index in [4.69, 9.17) is 9.47 Å². The van der Waals surface area contributed by atoms with Gasteiger partial charge in [-0.3, -0.25) is 27.9 Å². The molecule has 0 fully saturated rings. The molecule has 18 heteroatoms. The molecule has 0 radical (unpaired) electrons. The van der Waals surface area contributed by atoms with Crippen LogP contribution in [0.4, 0.5) is 4.79 Å². The molecule has 0 saturated heterocycles. The number of nitrogens with zero attached hydrogens (tertiary/aromatic N) is 9. The Balaban J connectivity index is 1.36. The summed E-state index contributed by atoms with van der Waals surface area (Å²) in [4.78, 5) is 95.0. The fraction of sp³-hybridized carbons (Fsp3) is 0.371. The van der Waals surface area contributed by atoms with Gasteiger partial charge >= 0.3 is 23.4 Å². The van der Waals surface area contributed by atoms with Gasteiger partial charge in [-0.15, -0.1) is 0 Å². The first-order chi connectivity index (χ1) is 25.3. The molecule has 5 heterocycles. The van der Waals surface area contributed by atoms with Gasteiger partial charge in [0.1, 0.15) is 17.8 Å². The van der Waals surface area contributed by atoms with E-state index in [9.17, 15) is 28.8 Å². The summed E-state index contributed by atoms with van der Waals surface area (Å²) in [5.41, 5.74) is 0.117. The average molecular weight is 727 g/mol. The van der Waals surface area contributed by atoms with Gasteiger partial charge in [0.2, 0.25) is 0 Å². The molecule has 0 bridgehead atoms. The zero-order chi connectivity index (χ0) is 38.3. The average Bonchev–Trinajstić information content (AvgIpc) is 3.53. The van der Waals surface area contributed by atoms with Gasteiger partial charge in [-0.1, -0.05) is 32.0 Å². The van der Waals surface area contributed by atoms with Crippen LogP contribution in [0.15, 0.2) is 62.0 Å². The van der Waals surface area contributed by atoms with E-state index in [-0.39, 0.29) is 40.9 Å². The Morgan fingerprint density at radius 3 is 1.92 bits per heavy atom. The molecule has 0 saturated carbocycles. The molecule has 53 heavy (non-hydrogen) atoms. The van der Waals surface area contributed by atoms with E-state index in [0.29, 0.717) is 17.7 Å². The number of amides is 1. The van der Waals surface area contributed by atoms with Crippen LogP contribution in [0.3, 0.4) is 0 Å². The smallest absolute Gasteiger partial charge is 0.407 e. The molecule has 1 N–H and O–H groups in total. The molecule has 1 aromatic carbocycles. The summed E-state index contributed by atoms with van der Waals surface area (Å²) in [6, 6.07) is 5.89. The largest absolute Gasteiger partial charge is 0.454 e. The third-order valence-corrected chi connectivity index (χ3v) is 9.37. The number of para-hydroxylation sites is 1. The van der Waals surface area contributed by atoms with Crippen molar-refractivity contribution >= 4 is 45.3 Å². The second kappa shape index (κ2) is 14.3. The van der Waals surface area contributed by atoms with Crippen molar-refractivity contribution in [3.05, 3.63) is 101 Å². The number of carbonyl (C=O) groups is 2. The van der Waals surface area contributed by atoms with E-state index in [0.717, 1.165) is 20.0 Å². The van der Waals surface area contributed by atoms with Gasteiger partial charge in [0.15, 0.2) is 22.3 Å². The topological polar surface area (TPSA) is 209 Å². The highest BCUT2D eigenvalue weighted by molar-refractivity contribution is 5.87. The summed E-state index contributed by atoms with van der Waals surface area (Å²) >= 11 is 0. The van der Waals surface area contributed by atoms with Gasteiger partial charge in [0.05, 0.1) is 31.2 Å². The number of nitrogens with one attached hydrogen (secondary N) is 1. The van der Waals surface area contributed by atoms with Crippen molar-refractivity contribution in [1.82, 2.24) is 48.1 Å². The SMILES string of the molecule is CCC(OC(=O)C(Cc1cn(C(CC)c2cnc3c(n2)c(=O)n(C)c(=O)n3C)c2ccccc12)NC(=O)OC)c1cnc2c(n1)c(=O)n(C)c(=O)n2C. The predicted molar refractivity (Wildman–Crippen MR) is 193 cm³/mol. The monoisotopic (exact) mass is 726 g/mol. The van der Waals surface area contributed by atoms with Crippen LogP contribution in [0, 0.1) is 0 Å². The normalized spacial score (nSPS) is 13.3. The summed E-state index contributed by atoms with van der Waals surface area (Å²) in [5.74, 6) is -0.789. The van der Waals surface area contributed by atoms with Crippen molar-refractivity contribution in [1.29, 1.82) is 0 Å². The van der Waals surface area contributed by atoms with Gasteiger partial charge in [0.25, 0.3) is 11.1 Å². The maximum Gasteiger partial charge on any atom is 0.407 e. The summed E-state index contributed by atoms with van der Waals surface area (Å²) in [6.45, 7) is 3.72. The quantitative estimate of drug-likeness (QED) is 0.198. The zero-order valence-electron chi connectivity index (χ0n) is 30.2. The fourth-order valence-electron chi connectivity index (χ4n) is 6.44. The number of ether oxygens (including phenoxy) is 2. The second-order valence-electron chi connectivity index (χ2n) is 12.6. The molecule has 0 aliphatic rings. The van der Waals surface area contributed by atoms with Crippen molar-refractivity contribution in [2.75, 3.05) is 7.11 Å². The van der Waals surface area contributed by atoms with Gasteiger partial charge in [-0.25, -0.2) is 39.1 Å². The highest BCUT2D eigenvalue weighted by Gasteiger charge is 2.30. The Kier molecular flexibility index (Phi) is 9.79. The number of alkyl carbamates (subject to hydrolysis) is 1. The fourth-order valence-corrected chi connectivity index (χ4v) is 6.44. The van der Waals surface area contributed by atoms with Crippen LogP contribution in [-0.4, -0.2) is 68.0 Å². The number of carbonyl (C=O) groups excluding carboxylic acids is 2. The molecule has 276 valence electrons. The number of benzene rings is 1. The zero-order valence-corrected chi connectivity index (χ0v) is 30.2. The maximum atomic E-state index is 13.9. The highest BCUT2D eigenvalue weighted by atomic mass is 16.6. The number of rotatable bonds is 10. The van der Waals surface area contributed by atoms with E-state index >= 15 is 0 Å². The molecule has 3 unspecified atom stereocenters. The molecule has 18 nitrogen and oxygen atoms in total. The third kappa shape index (κ3) is 6.36. The second-order valence-corrected chi connectivity index (χ2v) is 12.6. The van der Waals surface area contributed by atoms with Crippen LogP contribution in [0.5, 0.6) is 0 Å². The van der Waals surface area contributed by atoms with E-state index < -0.39 is 52.7 Å². The number of fused-ring (bicyclic) bond motifs is 3. The van der Waals surface area contributed by atoms with Crippen LogP contribution >= 0.6 is 0 Å². The summed E-state index contributed by atoms with van der Waals surface area (Å²) in [7, 11) is 6.89. The van der Waals surface area contributed by atoms with Crippen LogP contribution in [0.2, 0.25) is 0 Å². The Morgan fingerprint density at radius 2 is 1.36 bits per heavy atom. The van der Waals surface area contributed by atoms with Crippen molar-refractivity contribution < 1.29 is 19.1 Å². The van der Waals surface area contributed by atoms with Gasteiger partial charge in [0, 0.05) is 51.7 Å². The van der Waals surface area contributed by atoms with E-state index in [1.807, 2.05) is 42.0 Å². The lowest BCUT2D eigenvalue weighted by atomic mass is 10.0. The minimum Gasteiger partial charge on any atom is -0.454 e. The lowest BCUT2D eigenvalue weighted by molar-refractivity contribution is -0.152. The summed E-state index contributed by atoms with van der Waals surface area (Å²) in [6.07, 6.45) is 3.72. The van der Waals surface area contributed by atoms with Crippen LogP contribution in [0.25, 0.3) is 33.2 Å². The molecule has 6 aromatic rings. The van der Waals surface area contributed by atoms with Crippen molar-refractivity contribution in [2.45, 2.75) is 51.3 Å². The minimum atomic E-state index is -1.22. The number of methoxy groups -OCH3 is 1. The number of hydrogen-bond acceptors (Lipinski definition) is 12. The van der Waals surface area contributed by atoms with Gasteiger partial charge < -0.3 is 19.4 Å². The number of esters is 1. The standard InChI is InChI=1S/C35H38N10O8/c1-8-23(21-15-36-28-26(38-21)30(46)43(5)34(50)41(28)3)45-17-18(19-12-10-11-13-24(19)45)14-20(40-33(49)52-7)32(48)53-25(9-2)22-16-37-29-27(39-22)31(47)44(6)35(51)42(29)4/h10-13,15-17,20,23,25H,8-9,14H2,1-7H3,(H,40,49). The van der Waals surface area contributed by atoms with Gasteiger partial charge in [-0.2, -0.15) is 0 Å². The third-order valence-electron chi connectivity index (χ3n) is 9.37. The van der Waals surface area contributed by atoms with Crippen molar-refractivity contribution in [3.63, 3.8) is 0 Å². The molecule has 5 aromatic heterocycles. The molecule has 3 atom stereocenters. The van der Waals surface area contributed by atoms with E-state index in [2.05, 4.69) is 25.3 Å². The summed E-state index contributed by atoms with van der Waals surface area (Å²) in [5, 5.41) is 3.37. The van der Waals surface area contributed by atoms with Crippen molar-refractivity contribution in [3.8, 4) is 0 Å². The predicted octanol–water partition coefficient (Wildman–Crippen LogP) is 1.28. The lowest BCUT2D eigenvalue weighted by Gasteiger charge is -2.21. The first kappa shape index (κ1) is 36.3. The molecule has 6 rings (SSSR count). The molecule has 1 amide bonds. The molecule has 0 spiro atoms. The first-order valence-electron chi connectivity index (χ1n) is 16.8. The Morgan fingerprint density at radius 1 is 0.792 bits per heavy atom. The molecular formula is C35H38N10O8. The Hall–Kier alpha value is -6.46. The molecule has 0 aliphatic carbocycles. The Bertz CT molecular complexity index is 2670. The minimum absolute atomic E-state index is 0.00752. The van der Waals surface area contributed by atoms with Crippen LogP contribution in [-0.2, 0) is 48.9 Å². The summed E-state index contributed by atoms with van der Waals surface area (Å²) < 4.78 is 17.1. The first-order valence-corrected chi connectivity index (χ1v) is 16.8. The molecular weight excluding hydrogens is 688 g/mol. The van der Waals surface area contributed by atoms with Gasteiger partial charge in [-0.05, 0) is 24.5 Å². The maximum absolute atomic E-state index is 13.9. The molecule has 0 aliphatic heterocycles. The lowest BCUT2D eigenvalue weighted by Crippen LogP contribution is -2.43.